The first kappa shape index (κ1) is 18.8. The predicted octanol–water partition coefficient (Wildman–Crippen LogP) is 2.20. The molecule has 2 N–H and O–H groups in total. The van der Waals surface area contributed by atoms with Gasteiger partial charge in [0, 0.05) is 24.7 Å². The minimum absolute atomic E-state index is 0.00693. The van der Waals surface area contributed by atoms with Crippen molar-refractivity contribution < 1.29 is 31.9 Å². The lowest BCUT2D eigenvalue weighted by Crippen LogP contribution is -2.25. The van der Waals surface area contributed by atoms with Crippen molar-refractivity contribution in [2.45, 2.75) is 11.3 Å². The van der Waals surface area contributed by atoms with Gasteiger partial charge in [-0.1, -0.05) is 0 Å². The van der Waals surface area contributed by atoms with E-state index in [1.54, 1.807) is 0 Å². The monoisotopic (exact) mass is 396 g/mol. The average Bonchev–Trinajstić information content (AvgIpc) is 3.00. The molecule has 1 saturated heterocycles. The molecular weight excluding hydrogens is 382 g/mol. The Hall–Kier alpha value is -3.01. The number of nitrogens with one attached hydrogen (secondary N) is 1. The topological polar surface area (TPSA) is 104 Å². The maximum atomic E-state index is 13.6. The highest BCUT2D eigenvalue weighted by atomic mass is 32.2. The highest BCUT2D eigenvalue weighted by molar-refractivity contribution is 7.92. The number of hydrogen-bond donors (Lipinski definition) is 2. The van der Waals surface area contributed by atoms with Crippen LogP contribution in [0.2, 0.25) is 0 Å². The predicted molar refractivity (Wildman–Crippen MR) is 91.7 cm³/mol. The van der Waals surface area contributed by atoms with Crippen molar-refractivity contribution in [2.75, 3.05) is 16.2 Å². The van der Waals surface area contributed by atoms with E-state index in [2.05, 4.69) is 0 Å². The van der Waals surface area contributed by atoms with Gasteiger partial charge < -0.3 is 10.0 Å². The first-order valence-corrected chi connectivity index (χ1v) is 9.27. The molecule has 0 radical (unpaired) electrons. The number of benzene rings is 2. The number of carboxylic acids is 1. The molecule has 1 amide bonds. The quantitative estimate of drug-likeness (QED) is 0.807. The van der Waals surface area contributed by atoms with Crippen LogP contribution in [-0.2, 0) is 19.6 Å². The largest absolute Gasteiger partial charge is 0.481 e. The Balaban J connectivity index is 1.81. The molecule has 0 spiro atoms. The van der Waals surface area contributed by atoms with Crippen LogP contribution in [0, 0.1) is 17.6 Å². The number of halogens is 2. The molecule has 1 aliphatic rings. The third kappa shape index (κ3) is 3.90. The third-order valence-electron chi connectivity index (χ3n) is 4.11. The van der Waals surface area contributed by atoms with Crippen LogP contribution in [0.1, 0.15) is 6.42 Å². The van der Waals surface area contributed by atoms with Crippen LogP contribution in [0.15, 0.2) is 47.4 Å². The van der Waals surface area contributed by atoms with E-state index in [0.717, 1.165) is 18.2 Å². The summed E-state index contributed by atoms with van der Waals surface area (Å²) in [6.45, 7) is -0.00693. The summed E-state index contributed by atoms with van der Waals surface area (Å²) >= 11 is 0. The molecule has 1 aliphatic heterocycles. The lowest BCUT2D eigenvalue weighted by atomic mass is 10.1. The van der Waals surface area contributed by atoms with Crippen LogP contribution in [0.3, 0.4) is 0 Å². The van der Waals surface area contributed by atoms with E-state index in [0.29, 0.717) is 5.69 Å². The SMILES string of the molecule is O=C(O)[C@@H]1CC(=O)N(c2ccc(S(=O)(=O)Nc3cc(F)ccc3F)cc2)C1. The summed E-state index contributed by atoms with van der Waals surface area (Å²) in [6, 6.07) is 7.45. The minimum atomic E-state index is -4.18. The lowest BCUT2D eigenvalue weighted by Gasteiger charge is -2.16. The summed E-state index contributed by atoms with van der Waals surface area (Å²) in [6.07, 6.45) is -0.129. The van der Waals surface area contributed by atoms with Crippen LogP contribution < -0.4 is 9.62 Å². The molecule has 2 aromatic rings. The molecule has 10 heteroatoms. The Labute approximate surface area is 153 Å². The van der Waals surface area contributed by atoms with Crippen molar-refractivity contribution in [1.82, 2.24) is 0 Å². The fourth-order valence-corrected chi connectivity index (χ4v) is 3.77. The van der Waals surface area contributed by atoms with Gasteiger partial charge in [0.25, 0.3) is 10.0 Å². The summed E-state index contributed by atoms with van der Waals surface area (Å²) in [5.41, 5.74) is -0.183. The van der Waals surface area contributed by atoms with Crippen molar-refractivity contribution in [3.63, 3.8) is 0 Å². The summed E-state index contributed by atoms with van der Waals surface area (Å²) in [7, 11) is -4.18. The van der Waals surface area contributed by atoms with E-state index in [1.165, 1.54) is 29.2 Å². The fourth-order valence-electron chi connectivity index (χ4n) is 2.71. The molecule has 1 heterocycles. The Bertz CT molecular complexity index is 1010. The van der Waals surface area contributed by atoms with E-state index < -0.39 is 39.2 Å². The third-order valence-corrected chi connectivity index (χ3v) is 5.49. The maximum absolute atomic E-state index is 13.6. The van der Waals surface area contributed by atoms with Crippen LogP contribution in [0.4, 0.5) is 20.2 Å². The van der Waals surface area contributed by atoms with Gasteiger partial charge in [-0.25, -0.2) is 17.2 Å². The summed E-state index contributed by atoms with van der Waals surface area (Å²) in [4.78, 5) is 24.0. The molecule has 2 aromatic carbocycles. The smallest absolute Gasteiger partial charge is 0.308 e. The van der Waals surface area contributed by atoms with Crippen LogP contribution in [-0.4, -0.2) is 31.9 Å². The number of nitrogens with zero attached hydrogens (tertiary/aromatic N) is 1. The molecule has 3 rings (SSSR count). The number of carbonyl (C=O) groups excluding carboxylic acids is 1. The van der Waals surface area contributed by atoms with Crippen molar-refractivity contribution in [3.8, 4) is 0 Å². The van der Waals surface area contributed by atoms with Gasteiger partial charge in [0.15, 0.2) is 0 Å². The molecule has 27 heavy (non-hydrogen) atoms. The molecular formula is C17H14F2N2O5S. The molecule has 0 saturated carbocycles. The Morgan fingerprint density at radius 1 is 1.15 bits per heavy atom. The number of carbonyl (C=O) groups is 2. The van der Waals surface area contributed by atoms with Crippen LogP contribution in [0.25, 0.3) is 0 Å². The van der Waals surface area contributed by atoms with Gasteiger partial charge in [0.05, 0.1) is 16.5 Å². The summed E-state index contributed by atoms with van der Waals surface area (Å²) in [5, 5.41) is 9.00. The molecule has 0 aliphatic carbocycles. The zero-order valence-corrected chi connectivity index (χ0v) is 14.5. The van der Waals surface area contributed by atoms with Gasteiger partial charge >= 0.3 is 5.97 Å². The van der Waals surface area contributed by atoms with Gasteiger partial charge in [0.2, 0.25) is 5.91 Å². The van der Waals surface area contributed by atoms with E-state index in [-0.39, 0.29) is 23.8 Å². The summed E-state index contributed by atoms with van der Waals surface area (Å²) < 4.78 is 53.5. The zero-order chi connectivity index (χ0) is 19.8. The second-order valence-corrected chi connectivity index (χ2v) is 7.65. The van der Waals surface area contributed by atoms with E-state index >= 15 is 0 Å². The van der Waals surface area contributed by atoms with Crippen molar-refractivity contribution in [1.29, 1.82) is 0 Å². The van der Waals surface area contributed by atoms with Crippen LogP contribution in [0.5, 0.6) is 0 Å². The second-order valence-electron chi connectivity index (χ2n) is 5.97. The standard InChI is InChI=1S/C17H14F2N2O5S/c18-11-1-6-14(19)15(8-11)20-27(25,26)13-4-2-12(3-5-13)21-9-10(17(23)24)7-16(21)22/h1-6,8,10,20H,7,9H2,(H,23,24)/t10-/m1/s1. The Kier molecular flexibility index (Phi) is 4.83. The first-order chi connectivity index (χ1) is 12.7. The molecule has 142 valence electrons. The lowest BCUT2D eigenvalue weighted by molar-refractivity contribution is -0.141. The number of sulfonamides is 1. The fraction of sp³-hybridized carbons (Fsp3) is 0.176. The van der Waals surface area contributed by atoms with Crippen molar-refractivity contribution >= 4 is 33.3 Å². The maximum Gasteiger partial charge on any atom is 0.308 e. The molecule has 7 nitrogen and oxygen atoms in total. The molecule has 0 unspecified atom stereocenters. The second kappa shape index (κ2) is 6.95. The van der Waals surface area contributed by atoms with Crippen molar-refractivity contribution in [2.24, 2.45) is 5.92 Å². The van der Waals surface area contributed by atoms with Gasteiger partial charge in [-0.2, -0.15) is 0 Å². The molecule has 1 atom stereocenters. The number of aliphatic carboxylic acids is 1. The van der Waals surface area contributed by atoms with Crippen LogP contribution >= 0.6 is 0 Å². The molecule has 0 aromatic heterocycles. The number of anilines is 2. The first-order valence-electron chi connectivity index (χ1n) is 7.78. The van der Waals surface area contributed by atoms with Gasteiger partial charge in [-0.05, 0) is 36.4 Å². The Morgan fingerprint density at radius 3 is 2.41 bits per heavy atom. The van der Waals surface area contributed by atoms with E-state index in [4.69, 9.17) is 5.11 Å². The van der Waals surface area contributed by atoms with E-state index in [9.17, 15) is 26.8 Å². The highest BCUT2D eigenvalue weighted by Crippen LogP contribution is 2.27. The van der Waals surface area contributed by atoms with Gasteiger partial charge in [-0.15, -0.1) is 0 Å². The van der Waals surface area contributed by atoms with Crippen molar-refractivity contribution in [3.05, 3.63) is 54.1 Å². The highest BCUT2D eigenvalue weighted by Gasteiger charge is 2.35. The number of carboxylic acid groups (broad SMARTS) is 1. The van der Waals surface area contributed by atoms with Gasteiger partial charge in [0.1, 0.15) is 11.6 Å². The minimum Gasteiger partial charge on any atom is -0.481 e. The average molecular weight is 396 g/mol. The van der Waals surface area contributed by atoms with Gasteiger partial charge in [-0.3, -0.25) is 14.3 Å². The number of rotatable bonds is 5. The zero-order valence-electron chi connectivity index (χ0n) is 13.7. The van der Waals surface area contributed by atoms with E-state index in [1.807, 2.05) is 4.72 Å². The number of hydrogen-bond acceptors (Lipinski definition) is 4. The number of amides is 1. The molecule has 0 bridgehead atoms. The molecule has 1 fully saturated rings. The normalized spacial score (nSPS) is 17.2. The Morgan fingerprint density at radius 2 is 1.81 bits per heavy atom. The summed E-state index contributed by atoms with van der Waals surface area (Å²) in [5.74, 6) is -4.01.